The maximum Gasteiger partial charge on any atom is 0.343 e. The number of anilines is 1. The molecule has 0 atom stereocenters. The Hall–Kier alpha value is -5.03. The van der Waals surface area contributed by atoms with Crippen LogP contribution in [-0.4, -0.2) is 68.2 Å². The summed E-state index contributed by atoms with van der Waals surface area (Å²) in [5, 5.41) is 6.29. The Balaban J connectivity index is 1.35. The molecule has 40 heavy (non-hydrogen) atoms. The van der Waals surface area contributed by atoms with Gasteiger partial charge in [0.1, 0.15) is 0 Å². The minimum atomic E-state index is -1.03. The van der Waals surface area contributed by atoms with Gasteiger partial charge in [0.2, 0.25) is 0 Å². The zero-order valence-electron chi connectivity index (χ0n) is 22.0. The van der Waals surface area contributed by atoms with E-state index in [1.54, 1.807) is 53.4 Å². The van der Waals surface area contributed by atoms with Crippen molar-refractivity contribution in [3.8, 4) is 11.5 Å². The number of carbonyl (C=O) groups is 4. The van der Waals surface area contributed by atoms with Crippen LogP contribution in [-0.2, 0) is 14.3 Å². The van der Waals surface area contributed by atoms with Crippen LogP contribution in [0.15, 0.2) is 71.8 Å². The first-order chi connectivity index (χ1) is 19.4. The lowest BCUT2D eigenvalue weighted by Crippen LogP contribution is -2.41. The van der Waals surface area contributed by atoms with Crippen LogP contribution < -0.4 is 20.2 Å². The molecule has 11 nitrogen and oxygen atoms in total. The molecular formula is C29H28N4O7. The Bertz CT molecular complexity index is 1430. The van der Waals surface area contributed by atoms with Gasteiger partial charge in [0.25, 0.3) is 5.91 Å². The fraction of sp³-hybridized carbons (Fsp3) is 0.207. The van der Waals surface area contributed by atoms with Gasteiger partial charge in [0.15, 0.2) is 11.5 Å². The highest BCUT2D eigenvalue weighted by Gasteiger charge is 2.23. The minimum Gasteiger partial charge on any atom is -0.493 e. The molecule has 0 unspecified atom stereocenters. The van der Waals surface area contributed by atoms with Crippen molar-refractivity contribution >= 4 is 35.6 Å². The lowest BCUT2D eigenvalue weighted by atomic mass is 10.1. The molecule has 3 aromatic carbocycles. The van der Waals surface area contributed by atoms with Crippen molar-refractivity contribution in [2.24, 2.45) is 5.10 Å². The van der Waals surface area contributed by atoms with Gasteiger partial charge in [-0.3, -0.25) is 14.4 Å². The Kier molecular flexibility index (Phi) is 9.21. The smallest absolute Gasteiger partial charge is 0.343 e. The van der Waals surface area contributed by atoms with E-state index < -0.39 is 17.8 Å². The van der Waals surface area contributed by atoms with E-state index in [0.717, 1.165) is 5.56 Å². The second-order valence-electron chi connectivity index (χ2n) is 8.77. The normalized spacial score (nSPS) is 13.0. The average Bonchev–Trinajstić information content (AvgIpc) is 2.98. The molecule has 0 aliphatic carbocycles. The van der Waals surface area contributed by atoms with E-state index in [1.165, 1.54) is 19.4 Å². The number of aryl methyl sites for hydroxylation is 1. The van der Waals surface area contributed by atoms with Crippen molar-refractivity contribution in [2.75, 3.05) is 38.7 Å². The lowest BCUT2D eigenvalue weighted by Gasteiger charge is -2.27. The number of esters is 1. The molecule has 0 bridgehead atoms. The van der Waals surface area contributed by atoms with Gasteiger partial charge in [-0.2, -0.15) is 5.10 Å². The summed E-state index contributed by atoms with van der Waals surface area (Å²) >= 11 is 0. The van der Waals surface area contributed by atoms with Crippen molar-refractivity contribution in [1.29, 1.82) is 0 Å². The van der Waals surface area contributed by atoms with Crippen LogP contribution in [0.2, 0.25) is 0 Å². The van der Waals surface area contributed by atoms with Gasteiger partial charge in [-0.25, -0.2) is 10.2 Å². The topological polar surface area (TPSA) is 136 Å². The van der Waals surface area contributed by atoms with Crippen molar-refractivity contribution in [1.82, 2.24) is 10.3 Å². The average molecular weight is 545 g/mol. The Morgan fingerprint density at radius 3 is 2.38 bits per heavy atom. The molecule has 0 aromatic heterocycles. The predicted molar refractivity (Wildman–Crippen MR) is 147 cm³/mol. The number of hydrogen-bond acceptors (Lipinski definition) is 8. The highest BCUT2D eigenvalue weighted by molar-refractivity contribution is 6.40. The summed E-state index contributed by atoms with van der Waals surface area (Å²) in [6.07, 6.45) is 1.30. The maximum atomic E-state index is 12.9. The number of morpholine rings is 1. The monoisotopic (exact) mass is 544 g/mol. The number of hydrazone groups is 1. The molecule has 11 heteroatoms. The first-order valence-electron chi connectivity index (χ1n) is 12.4. The molecule has 3 aromatic rings. The van der Waals surface area contributed by atoms with Crippen LogP contribution in [0.4, 0.5) is 5.69 Å². The van der Waals surface area contributed by atoms with Crippen LogP contribution in [0, 0.1) is 6.92 Å². The lowest BCUT2D eigenvalue weighted by molar-refractivity contribution is -0.136. The van der Waals surface area contributed by atoms with Crippen LogP contribution in [0.5, 0.6) is 11.5 Å². The minimum absolute atomic E-state index is 0.207. The number of amides is 3. The van der Waals surface area contributed by atoms with E-state index in [0.29, 0.717) is 37.4 Å². The molecule has 1 aliphatic rings. The zero-order valence-corrected chi connectivity index (χ0v) is 22.0. The molecule has 2 N–H and O–H groups in total. The number of nitrogens with zero attached hydrogens (tertiary/aromatic N) is 2. The second-order valence-corrected chi connectivity index (χ2v) is 8.77. The van der Waals surface area contributed by atoms with Crippen LogP contribution >= 0.6 is 0 Å². The molecular weight excluding hydrogens is 516 g/mol. The highest BCUT2D eigenvalue weighted by atomic mass is 16.6. The summed E-state index contributed by atoms with van der Waals surface area (Å²) in [6, 6.07) is 18.1. The Labute approximate surface area is 230 Å². The van der Waals surface area contributed by atoms with Gasteiger partial charge in [0, 0.05) is 13.1 Å². The van der Waals surface area contributed by atoms with E-state index >= 15 is 0 Å². The molecule has 206 valence electrons. The van der Waals surface area contributed by atoms with Gasteiger partial charge < -0.3 is 24.4 Å². The molecule has 1 saturated heterocycles. The van der Waals surface area contributed by atoms with E-state index in [9.17, 15) is 19.2 Å². The Morgan fingerprint density at radius 2 is 1.65 bits per heavy atom. The highest BCUT2D eigenvalue weighted by Crippen LogP contribution is 2.28. The van der Waals surface area contributed by atoms with Crippen LogP contribution in [0.3, 0.4) is 0 Å². The number of nitrogens with one attached hydrogen (secondary N) is 2. The third-order valence-corrected chi connectivity index (χ3v) is 5.97. The number of rotatable bonds is 7. The molecule has 1 heterocycles. The summed E-state index contributed by atoms with van der Waals surface area (Å²) in [7, 11) is 1.42. The van der Waals surface area contributed by atoms with Gasteiger partial charge >= 0.3 is 17.8 Å². The SMILES string of the molecule is COc1cc(C=NNC(=O)C(=O)Nc2ccccc2C(=O)N2CCOCC2)ccc1OC(=O)c1ccc(C)cc1. The van der Waals surface area contributed by atoms with Crippen molar-refractivity contribution in [2.45, 2.75) is 6.92 Å². The quantitative estimate of drug-likeness (QED) is 0.154. The van der Waals surface area contributed by atoms with E-state index in [-0.39, 0.29) is 28.7 Å². The summed E-state index contributed by atoms with van der Waals surface area (Å²) in [6.45, 7) is 3.68. The van der Waals surface area contributed by atoms with Gasteiger partial charge in [-0.05, 0) is 55.0 Å². The molecule has 4 rings (SSSR count). The molecule has 0 saturated carbocycles. The number of para-hydroxylation sites is 1. The molecule has 1 fully saturated rings. The van der Waals surface area contributed by atoms with E-state index in [4.69, 9.17) is 14.2 Å². The fourth-order valence-electron chi connectivity index (χ4n) is 3.81. The first-order valence-corrected chi connectivity index (χ1v) is 12.4. The van der Waals surface area contributed by atoms with E-state index in [1.807, 2.05) is 19.1 Å². The number of methoxy groups -OCH3 is 1. The van der Waals surface area contributed by atoms with Gasteiger partial charge in [0.05, 0.1) is 43.4 Å². The molecule has 1 aliphatic heterocycles. The third-order valence-electron chi connectivity index (χ3n) is 5.97. The first kappa shape index (κ1) is 28.0. The fourth-order valence-corrected chi connectivity index (χ4v) is 3.81. The standard InChI is InChI=1S/C29H28N4O7/c1-19-7-10-21(11-8-19)29(37)40-24-12-9-20(17-25(24)38-2)18-30-32-27(35)26(34)31-23-6-4-3-5-22(23)28(36)33-13-15-39-16-14-33/h3-12,17-18H,13-16H2,1-2H3,(H,31,34)(H,32,35). The summed E-state index contributed by atoms with van der Waals surface area (Å²) < 4.78 is 16.0. The molecule has 0 spiro atoms. The van der Waals surface area contributed by atoms with Crippen molar-refractivity contribution in [3.05, 3.63) is 89.0 Å². The van der Waals surface area contributed by atoms with Gasteiger partial charge in [-0.15, -0.1) is 0 Å². The third kappa shape index (κ3) is 7.08. The summed E-state index contributed by atoms with van der Waals surface area (Å²) in [5.41, 5.74) is 4.56. The molecule has 3 amide bonds. The number of hydrogen-bond donors (Lipinski definition) is 2. The summed E-state index contributed by atoms with van der Waals surface area (Å²) in [5.74, 6) is -2.34. The summed E-state index contributed by atoms with van der Waals surface area (Å²) in [4.78, 5) is 51.8. The predicted octanol–water partition coefficient (Wildman–Crippen LogP) is 2.78. The van der Waals surface area contributed by atoms with Crippen molar-refractivity contribution < 1.29 is 33.4 Å². The van der Waals surface area contributed by atoms with Crippen LogP contribution in [0.25, 0.3) is 0 Å². The van der Waals surface area contributed by atoms with E-state index in [2.05, 4.69) is 15.8 Å². The molecule has 0 radical (unpaired) electrons. The largest absolute Gasteiger partial charge is 0.493 e. The zero-order chi connectivity index (χ0) is 28.5. The Morgan fingerprint density at radius 1 is 0.925 bits per heavy atom. The second kappa shape index (κ2) is 13.2. The number of benzene rings is 3. The van der Waals surface area contributed by atoms with Crippen LogP contribution in [0.1, 0.15) is 31.8 Å². The number of ether oxygens (including phenoxy) is 3. The number of carbonyl (C=O) groups excluding carboxylic acids is 4. The van der Waals surface area contributed by atoms with Crippen molar-refractivity contribution in [3.63, 3.8) is 0 Å². The maximum absolute atomic E-state index is 12.9. The van der Waals surface area contributed by atoms with Gasteiger partial charge in [-0.1, -0.05) is 29.8 Å².